The second-order valence-electron chi connectivity index (χ2n) is 9.57. The van der Waals surface area contributed by atoms with E-state index in [1.165, 1.54) is 11.1 Å². The van der Waals surface area contributed by atoms with E-state index in [9.17, 15) is 4.79 Å². The maximum Gasteiger partial charge on any atom is 0.252 e. The summed E-state index contributed by atoms with van der Waals surface area (Å²) >= 11 is 0. The van der Waals surface area contributed by atoms with Gasteiger partial charge in [-0.2, -0.15) is 0 Å². The smallest absolute Gasteiger partial charge is 0.252 e. The van der Waals surface area contributed by atoms with Gasteiger partial charge in [-0.15, -0.1) is 5.10 Å². The minimum Gasteiger partial charge on any atom is -0.467 e. The number of tetrazole rings is 1. The van der Waals surface area contributed by atoms with Crippen molar-refractivity contribution >= 4 is 10.9 Å². The minimum atomic E-state index is -0.0805. The quantitative estimate of drug-likeness (QED) is 0.294. The van der Waals surface area contributed by atoms with Crippen molar-refractivity contribution in [2.75, 3.05) is 6.54 Å². The Balaban J connectivity index is 1.50. The molecule has 0 saturated heterocycles. The van der Waals surface area contributed by atoms with Crippen LogP contribution in [-0.2, 0) is 19.5 Å². The molecule has 1 atom stereocenters. The summed E-state index contributed by atoms with van der Waals surface area (Å²) < 4.78 is 7.33. The summed E-state index contributed by atoms with van der Waals surface area (Å²) in [4.78, 5) is 18.7. The summed E-state index contributed by atoms with van der Waals surface area (Å²) in [7, 11) is 0. The van der Waals surface area contributed by atoms with E-state index in [1.807, 2.05) is 31.2 Å². The van der Waals surface area contributed by atoms with Crippen molar-refractivity contribution in [2.45, 2.75) is 52.7 Å². The highest BCUT2D eigenvalue weighted by Crippen LogP contribution is 2.26. The number of furan rings is 1. The van der Waals surface area contributed by atoms with Crippen molar-refractivity contribution in [3.8, 4) is 0 Å². The number of benzene rings is 2. The molecule has 8 nitrogen and oxygen atoms in total. The Bertz CT molecular complexity index is 1520. The highest BCUT2D eigenvalue weighted by Gasteiger charge is 2.26. The van der Waals surface area contributed by atoms with Crippen LogP contribution >= 0.6 is 0 Å². The maximum absolute atomic E-state index is 13.2. The van der Waals surface area contributed by atoms with Gasteiger partial charge >= 0.3 is 0 Å². The summed E-state index contributed by atoms with van der Waals surface area (Å²) in [5.41, 5.74) is 5.06. The van der Waals surface area contributed by atoms with Gasteiger partial charge in [-0.1, -0.05) is 48.9 Å². The van der Waals surface area contributed by atoms with Crippen LogP contribution in [0.1, 0.15) is 53.2 Å². The third-order valence-electron chi connectivity index (χ3n) is 6.85. The van der Waals surface area contributed by atoms with Gasteiger partial charge in [0, 0.05) is 18.7 Å². The molecule has 0 amide bonds. The molecular formula is C29H32N6O2. The standard InChI is InChI=1S/C29H32N6O2/c1-4-26(28-31-32-33-35(28)19-25-11-8-14-37-25)34(13-12-22-9-6-5-7-10-22)18-24-17-23-16-20(2)15-21(3)27(23)30-29(24)36/h5-11,14-17,26H,4,12-13,18-19H2,1-3H3,(H,30,36). The fourth-order valence-electron chi connectivity index (χ4n) is 5.05. The molecule has 8 heteroatoms. The van der Waals surface area contributed by atoms with E-state index in [0.29, 0.717) is 13.1 Å². The minimum absolute atomic E-state index is 0.0609. The maximum atomic E-state index is 13.2. The van der Waals surface area contributed by atoms with Crippen LogP contribution in [-0.4, -0.2) is 36.6 Å². The average molecular weight is 497 g/mol. The number of nitrogens with one attached hydrogen (secondary N) is 1. The van der Waals surface area contributed by atoms with Crippen molar-refractivity contribution in [1.29, 1.82) is 0 Å². The van der Waals surface area contributed by atoms with Crippen molar-refractivity contribution in [2.24, 2.45) is 0 Å². The van der Waals surface area contributed by atoms with Crippen molar-refractivity contribution in [3.05, 3.63) is 111 Å². The van der Waals surface area contributed by atoms with Crippen LogP contribution in [0.5, 0.6) is 0 Å². The van der Waals surface area contributed by atoms with E-state index in [2.05, 4.69) is 75.7 Å². The van der Waals surface area contributed by atoms with Gasteiger partial charge in [-0.05, 0) is 77.9 Å². The van der Waals surface area contributed by atoms with Crippen LogP contribution in [0.15, 0.2) is 76.1 Å². The van der Waals surface area contributed by atoms with Crippen LogP contribution < -0.4 is 5.56 Å². The number of aromatic amines is 1. The van der Waals surface area contributed by atoms with Crippen LogP contribution in [0.4, 0.5) is 0 Å². The second kappa shape index (κ2) is 10.9. The number of rotatable bonds is 10. The molecule has 1 unspecified atom stereocenters. The highest BCUT2D eigenvalue weighted by atomic mass is 16.3. The number of aromatic nitrogens is 5. The number of hydrogen-bond donors (Lipinski definition) is 1. The molecule has 5 rings (SSSR count). The molecule has 0 aliphatic rings. The molecule has 3 aromatic heterocycles. The number of nitrogens with zero attached hydrogens (tertiary/aromatic N) is 5. The van der Waals surface area contributed by atoms with E-state index in [-0.39, 0.29) is 11.6 Å². The van der Waals surface area contributed by atoms with Crippen LogP contribution in [0.2, 0.25) is 0 Å². The van der Waals surface area contributed by atoms with Gasteiger partial charge in [-0.25, -0.2) is 4.68 Å². The zero-order valence-corrected chi connectivity index (χ0v) is 21.5. The van der Waals surface area contributed by atoms with Crippen molar-refractivity contribution in [3.63, 3.8) is 0 Å². The van der Waals surface area contributed by atoms with Gasteiger partial charge in [0.25, 0.3) is 5.56 Å². The molecule has 3 heterocycles. The molecule has 0 radical (unpaired) electrons. The lowest BCUT2D eigenvalue weighted by Crippen LogP contribution is -2.34. The van der Waals surface area contributed by atoms with Gasteiger partial charge in [0.1, 0.15) is 12.3 Å². The van der Waals surface area contributed by atoms with Crippen LogP contribution in [0.3, 0.4) is 0 Å². The second-order valence-corrected chi connectivity index (χ2v) is 9.57. The zero-order chi connectivity index (χ0) is 25.8. The van der Waals surface area contributed by atoms with E-state index in [1.54, 1.807) is 10.9 Å². The largest absolute Gasteiger partial charge is 0.467 e. The molecule has 0 fully saturated rings. The van der Waals surface area contributed by atoms with Crippen molar-refractivity contribution < 1.29 is 4.42 Å². The number of H-pyrrole nitrogens is 1. The van der Waals surface area contributed by atoms with E-state index in [4.69, 9.17) is 4.42 Å². The first-order chi connectivity index (χ1) is 18.0. The SMILES string of the molecule is CCC(c1nnnn1Cc1ccco1)N(CCc1ccccc1)Cc1cc2cc(C)cc(C)c2[nH]c1=O. The zero-order valence-electron chi connectivity index (χ0n) is 21.5. The predicted molar refractivity (Wildman–Crippen MR) is 143 cm³/mol. The van der Waals surface area contributed by atoms with Gasteiger partial charge in [0.2, 0.25) is 0 Å². The van der Waals surface area contributed by atoms with Crippen molar-refractivity contribution in [1.82, 2.24) is 30.1 Å². The molecule has 0 aliphatic carbocycles. The van der Waals surface area contributed by atoms with Gasteiger partial charge < -0.3 is 9.40 Å². The molecule has 5 aromatic rings. The Hall–Kier alpha value is -4.04. The third kappa shape index (κ3) is 5.54. The van der Waals surface area contributed by atoms with E-state index < -0.39 is 0 Å². The number of hydrogen-bond acceptors (Lipinski definition) is 6. The molecule has 0 saturated carbocycles. The van der Waals surface area contributed by atoms with E-state index >= 15 is 0 Å². The molecule has 37 heavy (non-hydrogen) atoms. The number of fused-ring (bicyclic) bond motifs is 1. The molecule has 0 spiro atoms. The molecule has 190 valence electrons. The lowest BCUT2D eigenvalue weighted by Gasteiger charge is -2.30. The first-order valence-corrected chi connectivity index (χ1v) is 12.7. The highest BCUT2D eigenvalue weighted by molar-refractivity contribution is 5.82. The Labute approximate surface area is 215 Å². The molecular weight excluding hydrogens is 464 g/mol. The van der Waals surface area contributed by atoms with Crippen LogP contribution in [0.25, 0.3) is 10.9 Å². The Morgan fingerprint density at radius 1 is 1.08 bits per heavy atom. The lowest BCUT2D eigenvalue weighted by molar-refractivity contribution is 0.172. The lowest BCUT2D eigenvalue weighted by atomic mass is 10.0. The Kier molecular flexibility index (Phi) is 7.28. The van der Waals surface area contributed by atoms with E-state index in [0.717, 1.165) is 53.0 Å². The van der Waals surface area contributed by atoms with Gasteiger partial charge in [0.15, 0.2) is 5.82 Å². The molecule has 0 aliphatic heterocycles. The Morgan fingerprint density at radius 3 is 2.68 bits per heavy atom. The average Bonchev–Trinajstić information content (AvgIpc) is 3.57. The first kappa shape index (κ1) is 24.6. The fourth-order valence-corrected chi connectivity index (χ4v) is 5.05. The summed E-state index contributed by atoms with van der Waals surface area (Å²) in [5, 5.41) is 13.7. The summed E-state index contributed by atoms with van der Waals surface area (Å²) in [5.74, 6) is 1.55. The normalized spacial score (nSPS) is 12.4. The predicted octanol–water partition coefficient (Wildman–Crippen LogP) is 4.97. The summed E-state index contributed by atoms with van der Waals surface area (Å²) in [6.45, 7) is 7.92. The summed E-state index contributed by atoms with van der Waals surface area (Å²) in [6.07, 6.45) is 3.29. The molecule has 0 bridgehead atoms. The summed E-state index contributed by atoms with van der Waals surface area (Å²) in [6, 6.07) is 20.3. The number of aryl methyl sites for hydroxylation is 2. The Morgan fingerprint density at radius 2 is 1.92 bits per heavy atom. The van der Waals surface area contributed by atoms with Crippen LogP contribution in [0, 0.1) is 13.8 Å². The number of pyridine rings is 1. The van der Waals surface area contributed by atoms with Gasteiger partial charge in [-0.3, -0.25) is 9.69 Å². The molecule has 2 aromatic carbocycles. The topological polar surface area (TPSA) is 92.8 Å². The molecule has 1 N–H and O–H groups in total. The fraction of sp³-hybridized carbons (Fsp3) is 0.310. The monoisotopic (exact) mass is 496 g/mol. The first-order valence-electron chi connectivity index (χ1n) is 12.7. The van der Waals surface area contributed by atoms with Gasteiger partial charge in [0.05, 0.1) is 17.8 Å². The third-order valence-corrected chi connectivity index (χ3v) is 6.85.